The van der Waals surface area contributed by atoms with E-state index in [-0.39, 0.29) is 5.69 Å². The Hall–Kier alpha value is -2.51. The highest BCUT2D eigenvalue weighted by atomic mass is 16.5. The number of hydrogen-bond acceptors (Lipinski definition) is 8. The van der Waals surface area contributed by atoms with Crippen molar-refractivity contribution in [2.24, 2.45) is 0 Å². The van der Waals surface area contributed by atoms with Gasteiger partial charge in [0.25, 0.3) is 0 Å². The first-order valence-corrected chi connectivity index (χ1v) is 4.69. The van der Waals surface area contributed by atoms with Crippen LogP contribution in [0.4, 0.5) is 5.82 Å². The van der Waals surface area contributed by atoms with Crippen LogP contribution in [0.1, 0.15) is 16.3 Å². The standard InChI is InChI=1S/C9H9N5O3/c1-16-9(15)6-2-11-7(3-10-6)12-4-8-13-5-17-14-8/h2-3,5H,4H2,1H3,(H,11,12). The summed E-state index contributed by atoms with van der Waals surface area (Å²) in [6.07, 6.45) is 3.99. The van der Waals surface area contributed by atoms with Crippen LogP contribution in [-0.2, 0) is 11.3 Å². The van der Waals surface area contributed by atoms with Crippen molar-refractivity contribution in [3.05, 3.63) is 30.3 Å². The first-order valence-electron chi connectivity index (χ1n) is 4.69. The highest BCUT2D eigenvalue weighted by molar-refractivity contribution is 5.86. The number of ether oxygens (including phenoxy) is 1. The lowest BCUT2D eigenvalue weighted by atomic mass is 10.4. The SMILES string of the molecule is COC(=O)c1cnc(NCc2ncon2)cn1. The molecule has 0 aliphatic heterocycles. The van der Waals surface area contributed by atoms with Gasteiger partial charge >= 0.3 is 5.97 Å². The Kier molecular flexibility index (Phi) is 3.24. The molecule has 0 radical (unpaired) electrons. The Morgan fingerprint density at radius 1 is 1.41 bits per heavy atom. The largest absolute Gasteiger partial charge is 0.464 e. The maximum Gasteiger partial charge on any atom is 0.358 e. The van der Waals surface area contributed by atoms with Crippen molar-refractivity contribution in [2.75, 3.05) is 12.4 Å². The van der Waals surface area contributed by atoms with Crippen LogP contribution >= 0.6 is 0 Å². The van der Waals surface area contributed by atoms with Crippen molar-refractivity contribution in [2.45, 2.75) is 6.54 Å². The van der Waals surface area contributed by atoms with Gasteiger partial charge in [-0.1, -0.05) is 5.16 Å². The monoisotopic (exact) mass is 235 g/mol. The van der Waals surface area contributed by atoms with Gasteiger partial charge in [-0.2, -0.15) is 4.98 Å². The molecular weight excluding hydrogens is 226 g/mol. The second-order valence-corrected chi connectivity index (χ2v) is 2.98. The summed E-state index contributed by atoms with van der Waals surface area (Å²) in [5.74, 6) is 0.480. The van der Waals surface area contributed by atoms with E-state index in [0.29, 0.717) is 18.2 Å². The van der Waals surface area contributed by atoms with Gasteiger partial charge in [0, 0.05) is 0 Å². The lowest BCUT2D eigenvalue weighted by Gasteiger charge is -2.02. The zero-order chi connectivity index (χ0) is 12.1. The molecule has 0 atom stereocenters. The van der Waals surface area contributed by atoms with Crippen molar-refractivity contribution in [3.8, 4) is 0 Å². The van der Waals surface area contributed by atoms with E-state index in [2.05, 4.69) is 34.7 Å². The van der Waals surface area contributed by atoms with Crippen LogP contribution in [0, 0.1) is 0 Å². The van der Waals surface area contributed by atoms with Crippen LogP contribution in [0.25, 0.3) is 0 Å². The van der Waals surface area contributed by atoms with Crippen LogP contribution in [0.2, 0.25) is 0 Å². The van der Waals surface area contributed by atoms with Crippen LogP contribution in [-0.4, -0.2) is 33.2 Å². The van der Waals surface area contributed by atoms with E-state index >= 15 is 0 Å². The molecule has 0 aromatic carbocycles. The van der Waals surface area contributed by atoms with Gasteiger partial charge in [0.15, 0.2) is 11.5 Å². The lowest BCUT2D eigenvalue weighted by Crippen LogP contribution is -2.07. The fourth-order valence-corrected chi connectivity index (χ4v) is 1.07. The maximum atomic E-state index is 11.1. The summed E-state index contributed by atoms with van der Waals surface area (Å²) in [7, 11) is 1.28. The minimum absolute atomic E-state index is 0.151. The zero-order valence-corrected chi connectivity index (χ0v) is 8.95. The summed E-state index contributed by atoms with van der Waals surface area (Å²) in [4.78, 5) is 22.8. The Morgan fingerprint density at radius 3 is 2.88 bits per heavy atom. The number of carbonyl (C=O) groups is 1. The van der Waals surface area contributed by atoms with Gasteiger partial charge in [0.1, 0.15) is 5.82 Å². The zero-order valence-electron chi connectivity index (χ0n) is 8.95. The van der Waals surface area contributed by atoms with E-state index in [9.17, 15) is 4.79 Å². The minimum Gasteiger partial charge on any atom is -0.464 e. The summed E-state index contributed by atoms with van der Waals surface area (Å²) in [6, 6.07) is 0. The molecule has 88 valence electrons. The van der Waals surface area contributed by atoms with Gasteiger partial charge in [-0.05, 0) is 0 Å². The predicted molar refractivity (Wildman–Crippen MR) is 55.0 cm³/mol. The number of esters is 1. The van der Waals surface area contributed by atoms with Crippen molar-refractivity contribution in [1.29, 1.82) is 0 Å². The van der Waals surface area contributed by atoms with Crippen molar-refractivity contribution >= 4 is 11.8 Å². The fraction of sp³-hybridized carbons (Fsp3) is 0.222. The number of rotatable bonds is 4. The van der Waals surface area contributed by atoms with Crippen LogP contribution in [0.5, 0.6) is 0 Å². The molecule has 0 aliphatic rings. The van der Waals surface area contributed by atoms with Crippen molar-refractivity contribution < 1.29 is 14.1 Å². The Balaban J connectivity index is 1.96. The number of nitrogens with one attached hydrogen (secondary N) is 1. The molecule has 8 heteroatoms. The van der Waals surface area contributed by atoms with Gasteiger partial charge in [0.2, 0.25) is 6.39 Å². The molecule has 0 aliphatic carbocycles. The molecule has 2 aromatic heterocycles. The van der Waals surface area contributed by atoms with E-state index < -0.39 is 5.97 Å². The topological polar surface area (TPSA) is 103 Å². The number of methoxy groups -OCH3 is 1. The molecule has 2 heterocycles. The number of aromatic nitrogens is 4. The first kappa shape index (κ1) is 11.0. The molecule has 0 spiro atoms. The summed E-state index contributed by atoms with van der Waals surface area (Å²) in [6.45, 7) is 0.364. The van der Waals surface area contributed by atoms with Gasteiger partial charge in [-0.3, -0.25) is 0 Å². The third-order valence-corrected chi connectivity index (χ3v) is 1.88. The van der Waals surface area contributed by atoms with E-state index in [4.69, 9.17) is 0 Å². The molecule has 8 nitrogen and oxygen atoms in total. The average molecular weight is 235 g/mol. The molecule has 0 unspecified atom stereocenters. The number of nitrogens with zero attached hydrogens (tertiary/aromatic N) is 4. The molecule has 2 rings (SSSR count). The number of anilines is 1. The highest BCUT2D eigenvalue weighted by Crippen LogP contribution is 2.03. The average Bonchev–Trinajstić information content (AvgIpc) is 2.89. The third-order valence-electron chi connectivity index (χ3n) is 1.88. The van der Waals surface area contributed by atoms with Crippen LogP contribution in [0.3, 0.4) is 0 Å². The van der Waals surface area contributed by atoms with Crippen molar-refractivity contribution in [1.82, 2.24) is 20.1 Å². The summed E-state index contributed by atoms with van der Waals surface area (Å²) in [5.41, 5.74) is 0.151. The molecule has 0 fully saturated rings. The van der Waals surface area contributed by atoms with Gasteiger partial charge in [-0.15, -0.1) is 0 Å². The molecule has 0 amide bonds. The Morgan fingerprint density at radius 2 is 2.29 bits per heavy atom. The third kappa shape index (κ3) is 2.74. The second kappa shape index (κ2) is 5.01. The van der Waals surface area contributed by atoms with E-state index in [1.807, 2.05) is 0 Å². The molecule has 0 bridgehead atoms. The normalized spacial score (nSPS) is 9.94. The van der Waals surface area contributed by atoms with Gasteiger partial charge in [-0.25, -0.2) is 14.8 Å². The number of carbonyl (C=O) groups excluding carboxylic acids is 1. The van der Waals surface area contributed by atoms with E-state index in [1.54, 1.807) is 0 Å². The Bertz CT molecular complexity index is 482. The quantitative estimate of drug-likeness (QED) is 0.752. The van der Waals surface area contributed by atoms with E-state index in [0.717, 1.165) is 0 Å². The molecule has 1 N–H and O–H groups in total. The second-order valence-electron chi connectivity index (χ2n) is 2.98. The smallest absolute Gasteiger partial charge is 0.358 e. The summed E-state index contributed by atoms with van der Waals surface area (Å²) < 4.78 is 9.07. The van der Waals surface area contributed by atoms with Crippen molar-refractivity contribution in [3.63, 3.8) is 0 Å². The molecule has 17 heavy (non-hydrogen) atoms. The minimum atomic E-state index is -0.526. The van der Waals surface area contributed by atoms with Gasteiger partial charge in [0.05, 0.1) is 26.0 Å². The Labute approximate surface area is 96.0 Å². The lowest BCUT2D eigenvalue weighted by molar-refractivity contribution is 0.0593. The fourth-order valence-electron chi connectivity index (χ4n) is 1.07. The van der Waals surface area contributed by atoms with Crippen LogP contribution < -0.4 is 5.32 Å². The molecular formula is C9H9N5O3. The highest BCUT2D eigenvalue weighted by Gasteiger charge is 2.07. The van der Waals surface area contributed by atoms with E-state index in [1.165, 1.54) is 25.9 Å². The summed E-state index contributed by atoms with van der Waals surface area (Å²) >= 11 is 0. The molecule has 0 saturated carbocycles. The molecule has 2 aromatic rings. The predicted octanol–water partition coefficient (Wildman–Crippen LogP) is 0.258. The van der Waals surface area contributed by atoms with Gasteiger partial charge < -0.3 is 14.6 Å². The molecule has 0 saturated heterocycles. The summed E-state index contributed by atoms with van der Waals surface area (Å²) in [5, 5.41) is 6.54. The maximum absolute atomic E-state index is 11.1. The van der Waals surface area contributed by atoms with Crippen LogP contribution in [0.15, 0.2) is 23.3 Å². The number of hydrogen-bond donors (Lipinski definition) is 1. The first-order chi connectivity index (χ1) is 8.29.